The maximum absolute atomic E-state index is 13.6. The summed E-state index contributed by atoms with van der Waals surface area (Å²) in [5.41, 5.74) is 1.99. The third-order valence-corrected chi connectivity index (χ3v) is 5.04. The Morgan fingerprint density at radius 3 is 2.58 bits per heavy atom. The molecule has 1 fully saturated rings. The van der Waals surface area contributed by atoms with Crippen LogP contribution in [0.2, 0.25) is 0 Å². The number of carbonyl (C=O) groups is 1. The van der Waals surface area contributed by atoms with E-state index in [-0.39, 0.29) is 24.2 Å². The van der Waals surface area contributed by atoms with E-state index in [1.807, 2.05) is 30.3 Å². The maximum Gasteiger partial charge on any atom is 0.238 e. The van der Waals surface area contributed by atoms with Gasteiger partial charge in [-0.25, -0.2) is 4.39 Å². The van der Waals surface area contributed by atoms with Gasteiger partial charge in [-0.15, -0.1) is 0 Å². The number of aliphatic hydroxyl groups excluding tert-OH is 1. The Morgan fingerprint density at radius 1 is 1.23 bits per heavy atom. The second-order valence-electron chi connectivity index (χ2n) is 6.98. The number of piperidine rings is 1. The van der Waals surface area contributed by atoms with Gasteiger partial charge in [0.25, 0.3) is 0 Å². The predicted octanol–water partition coefficient (Wildman–Crippen LogP) is 3.52. The standard InChI is InChI=1S/C21H25FN2O2/c1-15-7-8-18(13-19(15)22)23-20(25)14-24-11-9-17(10-12-24)21(26)16-5-3-2-4-6-16/h2-8,13,17,21,26H,9-12,14H2,1H3,(H,23,25). The number of amides is 1. The molecule has 1 aliphatic heterocycles. The molecule has 1 unspecified atom stereocenters. The van der Waals surface area contributed by atoms with E-state index in [4.69, 9.17) is 0 Å². The normalized spacial score (nSPS) is 17.0. The lowest BCUT2D eigenvalue weighted by atomic mass is 9.87. The number of nitrogens with zero attached hydrogens (tertiary/aromatic N) is 1. The first kappa shape index (κ1) is 18.5. The smallest absolute Gasteiger partial charge is 0.238 e. The summed E-state index contributed by atoms with van der Waals surface area (Å²) in [5, 5.41) is 13.3. The van der Waals surface area contributed by atoms with E-state index in [9.17, 15) is 14.3 Å². The molecule has 0 aliphatic carbocycles. The van der Waals surface area contributed by atoms with Gasteiger partial charge in [0.15, 0.2) is 0 Å². The summed E-state index contributed by atoms with van der Waals surface area (Å²) in [6.07, 6.45) is 1.24. The quantitative estimate of drug-likeness (QED) is 0.862. The van der Waals surface area contributed by atoms with Crippen LogP contribution in [0.3, 0.4) is 0 Å². The number of hydrogen-bond acceptors (Lipinski definition) is 3. The number of halogens is 1. The molecule has 3 rings (SSSR count). The zero-order chi connectivity index (χ0) is 18.5. The number of likely N-dealkylation sites (tertiary alicyclic amines) is 1. The summed E-state index contributed by atoms with van der Waals surface area (Å²) in [6, 6.07) is 14.4. The average molecular weight is 356 g/mol. The highest BCUT2D eigenvalue weighted by molar-refractivity contribution is 5.92. The Bertz CT molecular complexity index is 743. The van der Waals surface area contributed by atoms with Gasteiger partial charge in [-0.05, 0) is 62.0 Å². The topological polar surface area (TPSA) is 52.6 Å². The van der Waals surface area contributed by atoms with Crippen LogP contribution in [0.1, 0.15) is 30.1 Å². The largest absolute Gasteiger partial charge is 0.388 e. The van der Waals surface area contributed by atoms with Crippen molar-refractivity contribution < 1.29 is 14.3 Å². The minimum Gasteiger partial charge on any atom is -0.388 e. The number of carbonyl (C=O) groups excluding carboxylic acids is 1. The molecule has 2 N–H and O–H groups in total. The summed E-state index contributed by atoms with van der Waals surface area (Å²) in [5.74, 6) is -0.253. The summed E-state index contributed by atoms with van der Waals surface area (Å²) >= 11 is 0. The molecular formula is C21H25FN2O2. The highest BCUT2D eigenvalue weighted by atomic mass is 19.1. The van der Waals surface area contributed by atoms with Crippen molar-refractivity contribution >= 4 is 11.6 Å². The van der Waals surface area contributed by atoms with Gasteiger partial charge in [-0.2, -0.15) is 0 Å². The maximum atomic E-state index is 13.6. The second kappa shape index (κ2) is 8.43. The van der Waals surface area contributed by atoms with Gasteiger partial charge in [0, 0.05) is 5.69 Å². The van der Waals surface area contributed by atoms with Crippen molar-refractivity contribution in [3.8, 4) is 0 Å². The Kier molecular flexibility index (Phi) is 6.01. The molecule has 0 aromatic heterocycles. The van der Waals surface area contributed by atoms with Crippen molar-refractivity contribution in [2.75, 3.05) is 25.0 Å². The number of nitrogens with one attached hydrogen (secondary N) is 1. The van der Waals surface area contributed by atoms with Gasteiger partial charge in [0.2, 0.25) is 5.91 Å². The van der Waals surface area contributed by atoms with Crippen LogP contribution in [-0.4, -0.2) is 35.5 Å². The van der Waals surface area contributed by atoms with E-state index in [2.05, 4.69) is 10.2 Å². The monoisotopic (exact) mass is 356 g/mol. The first-order valence-electron chi connectivity index (χ1n) is 9.04. The minimum absolute atomic E-state index is 0.143. The van der Waals surface area contributed by atoms with Crippen molar-refractivity contribution in [1.82, 2.24) is 4.90 Å². The molecule has 0 saturated carbocycles. The molecule has 4 nitrogen and oxygen atoms in total. The summed E-state index contributed by atoms with van der Waals surface area (Å²) in [7, 11) is 0. The van der Waals surface area contributed by atoms with E-state index in [0.717, 1.165) is 31.5 Å². The zero-order valence-corrected chi connectivity index (χ0v) is 15.0. The van der Waals surface area contributed by atoms with Crippen molar-refractivity contribution in [1.29, 1.82) is 0 Å². The highest BCUT2D eigenvalue weighted by Gasteiger charge is 2.26. The van der Waals surface area contributed by atoms with E-state index in [1.165, 1.54) is 6.07 Å². The molecule has 1 amide bonds. The SMILES string of the molecule is Cc1ccc(NC(=O)CN2CCC(C(O)c3ccccc3)CC2)cc1F. The molecule has 1 saturated heterocycles. The molecule has 2 aromatic rings. The van der Waals surface area contributed by atoms with Crippen LogP contribution in [0, 0.1) is 18.7 Å². The number of rotatable bonds is 5. The van der Waals surface area contributed by atoms with Crippen molar-refractivity contribution in [2.45, 2.75) is 25.9 Å². The van der Waals surface area contributed by atoms with Crippen LogP contribution >= 0.6 is 0 Å². The summed E-state index contributed by atoms with van der Waals surface area (Å²) in [4.78, 5) is 14.3. The molecule has 26 heavy (non-hydrogen) atoms. The van der Waals surface area contributed by atoms with Gasteiger partial charge in [-0.3, -0.25) is 9.69 Å². The first-order valence-corrected chi connectivity index (χ1v) is 9.04. The zero-order valence-electron chi connectivity index (χ0n) is 15.0. The third-order valence-electron chi connectivity index (χ3n) is 5.04. The van der Waals surface area contributed by atoms with Crippen molar-refractivity contribution in [2.24, 2.45) is 5.92 Å². The molecule has 0 bridgehead atoms. The number of hydrogen-bond donors (Lipinski definition) is 2. The predicted molar refractivity (Wildman–Crippen MR) is 100 cm³/mol. The van der Waals surface area contributed by atoms with Gasteiger partial charge >= 0.3 is 0 Å². The fourth-order valence-electron chi connectivity index (χ4n) is 3.42. The molecule has 5 heteroatoms. The van der Waals surface area contributed by atoms with E-state index < -0.39 is 6.10 Å². The summed E-state index contributed by atoms with van der Waals surface area (Å²) in [6.45, 7) is 3.51. The summed E-state index contributed by atoms with van der Waals surface area (Å²) < 4.78 is 13.6. The van der Waals surface area contributed by atoms with Gasteiger partial charge in [0.1, 0.15) is 5.82 Å². The molecule has 1 heterocycles. The van der Waals surface area contributed by atoms with E-state index >= 15 is 0 Å². The number of anilines is 1. The van der Waals surface area contributed by atoms with Gasteiger partial charge < -0.3 is 10.4 Å². The minimum atomic E-state index is -0.456. The molecule has 0 radical (unpaired) electrons. The molecule has 1 atom stereocenters. The lowest BCUT2D eigenvalue weighted by Crippen LogP contribution is -2.40. The number of aryl methyl sites for hydroxylation is 1. The Morgan fingerprint density at radius 2 is 1.92 bits per heavy atom. The first-order chi connectivity index (χ1) is 12.5. The van der Waals surface area contributed by atoms with Gasteiger partial charge in [0.05, 0.1) is 12.6 Å². The Labute approximate surface area is 153 Å². The van der Waals surface area contributed by atoms with E-state index in [1.54, 1.807) is 19.1 Å². The molecule has 138 valence electrons. The highest BCUT2D eigenvalue weighted by Crippen LogP contribution is 2.30. The van der Waals surface area contributed by atoms with Crippen LogP contribution < -0.4 is 5.32 Å². The fraction of sp³-hybridized carbons (Fsp3) is 0.381. The van der Waals surface area contributed by atoms with Crippen molar-refractivity contribution in [3.63, 3.8) is 0 Å². The lowest BCUT2D eigenvalue weighted by molar-refractivity contribution is -0.117. The lowest BCUT2D eigenvalue weighted by Gasteiger charge is -2.34. The second-order valence-corrected chi connectivity index (χ2v) is 6.98. The molecule has 0 spiro atoms. The molecular weight excluding hydrogens is 331 g/mol. The van der Waals surface area contributed by atoms with Crippen LogP contribution in [-0.2, 0) is 4.79 Å². The third kappa shape index (κ3) is 4.68. The van der Waals surface area contributed by atoms with Crippen molar-refractivity contribution in [3.05, 3.63) is 65.5 Å². The van der Waals surface area contributed by atoms with Crippen LogP contribution in [0.5, 0.6) is 0 Å². The fourth-order valence-corrected chi connectivity index (χ4v) is 3.42. The van der Waals surface area contributed by atoms with Crippen LogP contribution in [0.4, 0.5) is 10.1 Å². The molecule has 1 aliphatic rings. The van der Waals surface area contributed by atoms with Crippen LogP contribution in [0.25, 0.3) is 0 Å². The van der Waals surface area contributed by atoms with E-state index in [0.29, 0.717) is 11.3 Å². The Balaban J connectivity index is 1.47. The molecule has 2 aromatic carbocycles. The number of benzene rings is 2. The van der Waals surface area contributed by atoms with Gasteiger partial charge in [-0.1, -0.05) is 36.4 Å². The number of aliphatic hydroxyl groups is 1. The van der Waals surface area contributed by atoms with Crippen LogP contribution in [0.15, 0.2) is 48.5 Å². The average Bonchev–Trinajstić information content (AvgIpc) is 2.65. The Hall–Kier alpha value is -2.24.